The molecule has 16 nitrogen and oxygen atoms in total. The lowest BCUT2D eigenvalue weighted by molar-refractivity contribution is -0.384. The highest BCUT2D eigenvalue weighted by Gasteiger charge is 2.26. The van der Waals surface area contributed by atoms with E-state index >= 15 is 0 Å². The number of allylic oxidation sites excluding steroid dienone is 2. The van der Waals surface area contributed by atoms with Crippen molar-refractivity contribution in [3.8, 4) is 23.7 Å². The summed E-state index contributed by atoms with van der Waals surface area (Å²) in [6.45, 7) is 14.3. The molecule has 6 rings (SSSR count). The smallest absolute Gasteiger partial charge is 0.311 e. The predicted molar refractivity (Wildman–Crippen MR) is 211 cm³/mol. The van der Waals surface area contributed by atoms with Gasteiger partial charge in [-0.2, -0.15) is 0 Å². The molecule has 0 aliphatic carbocycles. The first-order valence-corrected chi connectivity index (χ1v) is 17.4. The van der Waals surface area contributed by atoms with E-state index in [2.05, 4.69) is 46.8 Å². The maximum absolute atomic E-state index is 11.5. The fraction of sp³-hybridized carbons (Fsp3) is 0.225. The Balaban J connectivity index is 0.000000214. The molecular weight excluding hydrogens is 718 g/mol. The second kappa shape index (κ2) is 18.4. The van der Waals surface area contributed by atoms with Crippen molar-refractivity contribution >= 4 is 34.5 Å². The molecule has 0 N–H and O–H groups in total. The molecule has 2 aromatic heterocycles. The van der Waals surface area contributed by atoms with Crippen LogP contribution in [0.1, 0.15) is 28.4 Å². The Labute approximate surface area is 322 Å². The fourth-order valence-electron chi connectivity index (χ4n) is 5.89. The Hall–Kier alpha value is -7.59. The molecule has 4 aromatic rings. The Kier molecular flexibility index (Phi) is 13.0. The summed E-state index contributed by atoms with van der Waals surface area (Å²) in [7, 11) is 0. The van der Waals surface area contributed by atoms with Crippen LogP contribution >= 0.6 is 0 Å². The number of pyridine rings is 2. The molecule has 2 aliphatic heterocycles. The van der Waals surface area contributed by atoms with Crippen LogP contribution in [0.25, 0.3) is 0 Å². The number of nitro groups is 3. The summed E-state index contributed by atoms with van der Waals surface area (Å²) in [6, 6.07) is 19.3. The minimum atomic E-state index is -0.462. The topological polar surface area (TPSA) is 185 Å². The Bertz CT molecular complexity index is 2130. The largest absolute Gasteiger partial charge is 0.362 e. The van der Waals surface area contributed by atoms with Gasteiger partial charge in [-0.1, -0.05) is 43.2 Å². The summed E-state index contributed by atoms with van der Waals surface area (Å²) in [5.74, 6) is 12.7. The number of carbonyl (C=O) groups is 1. The van der Waals surface area contributed by atoms with E-state index < -0.39 is 14.8 Å². The molecule has 0 saturated carbocycles. The van der Waals surface area contributed by atoms with E-state index in [-0.39, 0.29) is 22.8 Å². The number of hydrogen-bond acceptors (Lipinski definition) is 13. The molecule has 4 heterocycles. The maximum Gasteiger partial charge on any atom is 0.311 e. The number of hydrogen-bond donors (Lipinski definition) is 0. The number of rotatable bonds is 8. The summed E-state index contributed by atoms with van der Waals surface area (Å²) in [5.41, 5.74) is 3.20. The lowest BCUT2D eigenvalue weighted by Crippen LogP contribution is -2.46. The van der Waals surface area contributed by atoms with Crippen molar-refractivity contribution in [2.75, 3.05) is 62.2 Å². The monoisotopic (exact) mass is 755 g/mol. The first-order valence-electron chi connectivity index (χ1n) is 17.4. The lowest BCUT2D eigenvalue weighted by Gasteiger charge is -2.35. The predicted octanol–water partition coefficient (Wildman–Crippen LogP) is 5.47. The number of benzene rings is 2. The molecule has 0 atom stereocenters. The van der Waals surface area contributed by atoms with Gasteiger partial charge >= 0.3 is 11.4 Å². The van der Waals surface area contributed by atoms with Gasteiger partial charge in [0.25, 0.3) is 5.69 Å². The van der Waals surface area contributed by atoms with Gasteiger partial charge < -0.3 is 19.6 Å². The molecule has 0 spiro atoms. The SMILES string of the molecule is C=C(C#Cc1cccc(C(C)=O)c1)N1CCN(c2ncccc2[N+](=O)[O-])CC1.C=C(C#Cc1cccc([N+](=O)[O-])c1)N1CCN(c2ncccc2[N+](=O)[O-])CC1. The third-order valence-electron chi connectivity index (χ3n) is 8.88. The number of aromatic nitrogens is 2. The van der Waals surface area contributed by atoms with Crippen LogP contribution < -0.4 is 9.80 Å². The van der Waals surface area contributed by atoms with Crippen LogP contribution in [0, 0.1) is 54.0 Å². The number of carbonyl (C=O) groups excluding carboxylic acids is 1. The zero-order valence-corrected chi connectivity index (χ0v) is 30.5. The molecule has 284 valence electrons. The van der Waals surface area contributed by atoms with Gasteiger partial charge in [0.15, 0.2) is 5.78 Å². The van der Waals surface area contributed by atoms with Crippen molar-refractivity contribution in [2.45, 2.75) is 6.92 Å². The van der Waals surface area contributed by atoms with Crippen LogP contribution in [-0.4, -0.2) is 92.7 Å². The third kappa shape index (κ3) is 10.3. The summed E-state index contributed by atoms with van der Waals surface area (Å²) in [6.07, 6.45) is 3.10. The third-order valence-corrected chi connectivity index (χ3v) is 8.88. The molecule has 16 heteroatoms. The molecule has 0 bridgehead atoms. The quantitative estimate of drug-likeness (QED) is 0.0956. The van der Waals surface area contributed by atoms with Gasteiger partial charge in [0.1, 0.15) is 0 Å². The van der Waals surface area contributed by atoms with Gasteiger partial charge in [-0.3, -0.25) is 35.1 Å². The minimum Gasteiger partial charge on any atom is -0.362 e. The van der Waals surface area contributed by atoms with Gasteiger partial charge in [0.05, 0.1) is 26.2 Å². The second-order valence-corrected chi connectivity index (χ2v) is 12.5. The standard InChI is InChI=1S/C21H20N4O3.C19H17N5O4/c1-16(8-9-18-5-3-6-19(15-18)17(2)26)23-11-13-24(14-12-23)21-20(25(27)28)7-4-10-22-21;1-15(7-8-16-4-2-5-17(14-16)23(25)26)21-10-12-22(13-11-21)19-18(24(27)28)6-3-9-20-19/h3-7,10,15H,1,11-14H2,2H3;2-6,9,14H,1,10-13H2. The van der Waals surface area contributed by atoms with Crippen LogP contribution in [0.2, 0.25) is 0 Å². The number of anilines is 2. The highest BCUT2D eigenvalue weighted by molar-refractivity contribution is 5.94. The van der Waals surface area contributed by atoms with Crippen LogP contribution in [0.4, 0.5) is 28.7 Å². The molecule has 2 saturated heterocycles. The van der Waals surface area contributed by atoms with Crippen LogP contribution in [0.15, 0.2) is 110 Å². The normalized spacial score (nSPS) is 13.4. The maximum atomic E-state index is 11.5. The van der Waals surface area contributed by atoms with E-state index in [0.717, 1.165) is 5.56 Å². The molecule has 0 radical (unpaired) electrons. The number of Topliss-reactive ketones (excluding diaryl/α,β-unsaturated/α-hetero) is 1. The summed E-state index contributed by atoms with van der Waals surface area (Å²) in [4.78, 5) is 59.5. The van der Waals surface area contributed by atoms with Gasteiger partial charge in [-0.15, -0.1) is 0 Å². The zero-order chi connectivity index (χ0) is 40.2. The second-order valence-electron chi connectivity index (χ2n) is 12.5. The Morgan fingerprint density at radius 2 is 1.07 bits per heavy atom. The van der Waals surface area contributed by atoms with E-state index in [0.29, 0.717) is 86.5 Å². The number of piperazine rings is 2. The van der Waals surface area contributed by atoms with Crippen molar-refractivity contribution in [3.63, 3.8) is 0 Å². The minimum absolute atomic E-state index is 0.00205. The van der Waals surface area contributed by atoms with Gasteiger partial charge in [-0.05, 0) is 49.1 Å². The molecule has 0 unspecified atom stereocenters. The summed E-state index contributed by atoms with van der Waals surface area (Å²) < 4.78 is 0. The van der Waals surface area contributed by atoms with E-state index in [4.69, 9.17) is 0 Å². The van der Waals surface area contributed by atoms with Gasteiger partial charge in [-0.25, -0.2) is 9.97 Å². The molecule has 2 aromatic carbocycles. The van der Waals surface area contributed by atoms with Crippen LogP contribution in [-0.2, 0) is 0 Å². The molecular formula is C40H37N9O7. The molecule has 2 fully saturated rings. The number of nitro benzene ring substituents is 1. The highest BCUT2D eigenvalue weighted by Crippen LogP contribution is 2.27. The summed E-state index contributed by atoms with van der Waals surface area (Å²) >= 11 is 0. The molecule has 2 aliphatic rings. The number of ketones is 1. The van der Waals surface area contributed by atoms with Crippen LogP contribution in [0.5, 0.6) is 0 Å². The van der Waals surface area contributed by atoms with Gasteiger partial charge in [0, 0.05) is 106 Å². The molecule has 0 amide bonds. The molecule has 56 heavy (non-hydrogen) atoms. The average Bonchev–Trinajstić information content (AvgIpc) is 3.22. The van der Waals surface area contributed by atoms with Crippen molar-refractivity contribution in [2.24, 2.45) is 0 Å². The summed E-state index contributed by atoms with van der Waals surface area (Å²) in [5, 5.41) is 33.2. The number of nitrogens with zero attached hydrogens (tertiary/aromatic N) is 9. The van der Waals surface area contributed by atoms with Crippen LogP contribution in [0.3, 0.4) is 0 Å². The van der Waals surface area contributed by atoms with E-state index in [1.807, 2.05) is 31.7 Å². The van der Waals surface area contributed by atoms with E-state index in [1.165, 1.54) is 37.4 Å². The zero-order valence-electron chi connectivity index (χ0n) is 30.5. The number of non-ortho nitro benzene ring substituents is 1. The van der Waals surface area contributed by atoms with Crippen molar-refractivity contribution in [3.05, 3.63) is 157 Å². The first-order chi connectivity index (χ1) is 26.9. The highest BCUT2D eigenvalue weighted by atomic mass is 16.6. The Morgan fingerprint density at radius 1 is 0.625 bits per heavy atom. The van der Waals surface area contributed by atoms with Crippen molar-refractivity contribution in [1.29, 1.82) is 0 Å². The Morgan fingerprint density at radius 3 is 1.50 bits per heavy atom. The van der Waals surface area contributed by atoms with E-state index in [1.54, 1.807) is 42.6 Å². The fourth-order valence-corrected chi connectivity index (χ4v) is 5.89. The van der Waals surface area contributed by atoms with E-state index in [9.17, 15) is 35.1 Å². The van der Waals surface area contributed by atoms with Gasteiger partial charge in [0.2, 0.25) is 11.6 Å². The first kappa shape index (κ1) is 39.6. The van der Waals surface area contributed by atoms with Crippen molar-refractivity contribution < 1.29 is 19.6 Å². The lowest BCUT2D eigenvalue weighted by atomic mass is 10.1. The average molecular weight is 756 g/mol. The van der Waals surface area contributed by atoms with Crippen molar-refractivity contribution in [1.82, 2.24) is 19.8 Å².